The maximum Gasteiger partial charge on any atom is 0.417 e. The third-order valence-electron chi connectivity index (χ3n) is 6.12. The molecule has 0 atom stereocenters. The van der Waals surface area contributed by atoms with Gasteiger partial charge in [-0.05, 0) is 55.5 Å². The van der Waals surface area contributed by atoms with E-state index in [9.17, 15) is 18.0 Å². The Bertz CT molecular complexity index is 1370. The molecule has 0 spiro atoms. The molecule has 0 unspecified atom stereocenters. The van der Waals surface area contributed by atoms with Crippen LogP contribution in [0.15, 0.2) is 60.9 Å². The van der Waals surface area contributed by atoms with Crippen molar-refractivity contribution in [1.82, 2.24) is 24.5 Å². The number of ether oxygens (including phenoxy) is 1. The minimum atomic E-state index is -4.43. The Morgan fingerprint density at radius 2 is 1.82 bits per heavy atom. The highest BCUT2D eigenvalue weighted by molar-refractivity contribution is 5.67. The first kappa shape index (κ1) is 27.9. The number of alkyl halides is 3. The molecule has 0 fully saturated rings. The molecule has 0 bridgehead atoms. The Kier molecular flexibility index (Phi) is 9.00. The molecule has 39 heavy (non-hydrogen) atoms. The van der Waals surface area contributed by atoms with Crippen molar-refractivity contribution < 1.29 is 27.8 Å². The normalized spacial score (nSPS) is 11.6. The van der Waals surface area contributed by atoms with Crippen LogP contribution in [0.3, 0.4) is 0 Å². The summed E-state index contributed by atoms with van der Waals surface area (Å²) in [6.45, 7) is 2.48. The zero-order valence-corrected chi connectivity index (χ0v) is 21.6. The van der Waals surface area contributed by atoms with E-state index in [-0.39, 0.29) is 6.42 Å². The molecule has 206 valence electrons. The lowest BCUT2D eigenvalue weighted by molar-refractivity contribution is -0.138. The van der Waals surface area contributed by atoms with Crippen molar-refractivity contribution in [3.05, 3.63) is 83.4 Å². The maximum absolute atomic E-state index is 12.9. The van der Waals surface area contributed by atoms with Gasteiger partial charge in [0.15, 0.2) is 5.82 Å². The fourth-order valence-corrected chi connectivity index (χ4v) is 4.17. The number of rotatable bonds is 13. The highest BCUT2D eigenvalue weighted by Gasteiger charge is 2.30. The van der Waals surface area contributed by atoms with Crippen LogP contribution in [0.4, 0.5) is 13.2 Å². The van der Waals surface area contributed by atoms with E-state index in [1.54, 1.807) is 10.7 Å². The number of benzene rings is 1. The first-order valence-corrected chi connectivity index (χ1v) is 12.8. The van der Waals surface area contributed by atoms with Gasteiger partial charge in [0.2, 0.25) is 5.88 Å². The third-order valence-corrected chi connectivity index (χ3v) is 6.12. The summed E-state index contributed by atoms with van der Waals surface area (Å²) in [5.74, 6) is -0.104. The number of nitrogens with zero attached hydrogens (tertiary/aromatic N) is 5. The van der Waals surface area contributed by atoms with Crippen LogP contribution < -0.4 is 4.74 Å². The number of para-hydroxylation sites is 1. The Balaban J connectivity index is 1.35. The molecule has 1 N–H and O–H groups in total. The largest absolute Gasteiger partial charge is 0.481 e. The number of aromatic nitrogens is 5. The van der Waals surface area contributed by atoms with Crippen LogP contribution >= 0.6 is 0 Å². The zero-order chi connectivity index (χ0) is 27.8. The number of pyridine rings is 1. The van der Waals surface area contributed by atoms with Crippen LogP contribution in [0.1, 0.15) is 55.1 Å². The summed E-state index contributed by atoms with van der Waals surface area (Å²) in [6.07, 6.45) is 2.49. The lowest BCUT2D eigenvalue weighted by Gasteiger charge is -2.06. The molecule has 0 amide bonds. The number of aryl methyl sites for hydroxylation is 3. The molecule has 11 heteroatoms. The van der Waals surface area contributed by atoms with Crippen molar-refractivity contribution in [1.29, 1.82) is 0 Å². The fourth-order valence-electron chi connectivity index (χ4n) is 4.17. The quantitative estimate of drug-likeness (QED) is 0.214. The smallest absolute Gasteiger partial charge is 0.417 e. The number of carboxylic acids is 1. The molecule has 0 radical (unpaired) electrons. The van der Waals surface area contributed by atoms with E-state index in [0.717, 1.165) is 67.0 Å². The van der Waals surface area contributed by atoms with Gasteiger partial charge >= 0.3 is 12.1 Å². The van der Waals surface area contributed by atoms with Gasteiger partial charge in [0.1, 0.15) is 0 Å². The van der Waals surface area contributed by atoms with Gasteiger partial charge in [-0.15, -0.1) is 5.10 Å². The summed E-state index contributed by atoms with van der Waals surface area (Å²) in [7, 11) is 0. The molecular formula is C28H30F3N5O3. The molecule has 0 aliphatic heterocycles. The average molecular weight is 542 g/mol. The molecule has 0 saturated heterocycles. The third kappa shape index (κ3) is 7.46. The van der Waals surface area contributed by atoms with E-state index in [2.05, 4.69) is 15.2 Å². The van der Waals surface area contributed by atoms with E-state index in [1.807, 2.05) is 43.5 Å². The second-order valence-electron chi connectivity index (χ2n) is 9.12. The molecular weight excluding hydrogens is 511 g/mol. The summed E-state index contributed by atoms with van der Waals surface area (Å²) in [5.41, 5.74) is 2.73. The zero-order valence-electron chi connectivity index (χ0n) is 21.6. The molecule has 3 aromatic heterocycles. The highest BCUT2D eigenvalue weighted by Crippen LogP contribution is 2.29. The lowest BCUT2D eigenvalue weighted by Crippen LogP contribution is -2.07. The summed E-state index contributed by atoms with van der Waals surface area (Å²) in [6, 6.07) is 13.6. The number of carboxylic acid groups (broad SMARTS) is 1. The van der Waals surface area contributed by atoms with Crippen molar-refractivity contribution in [2.75, 3.05) is 6.61 Å². The monoisotopic (exact) mass is 541 g/mol. The molecule has 4 rings (SSSR count). The van der Waals surface area contributed by atoms with Crippen LogP contribution in [0.5, 0.6) is 5.88 Å². The number of halogens is 3. The van der Waals surface area contributed by atoms with Gasteiger partial charge in [0, 0.05) is 30.6 Å². The van der Waals surface area contributed by atoms with Crippen LogP contribution in [-0.4, -0.2) is 42.2 Å². The number of aliphatic carboxylic acids is 1. The number of carbonyl (C=O) groups is 1. The van der Waals surface area contributed by atoms with Gasteiger partial charge < -0.3 is 9.84 Å². The van der Waals surface area contributed by atoms with E-state index >= 15 is 0 Å². The predicted molar refractivity (Wildman–Crippen MR) is 138 cm³/mol. The number of unbranched alkanes of at least 4 members (excludes halogenated alkanes) is 1. The first-order valence-electron chi connectivity index (χ1n) is 12.8. The van der Waals surface area contributed by atoms with Gasteiger partial charge in [-0.3, -0.25) is 4.79 Å². The van der Waals surface area contributed by atoms with Crippen LogP contribution in [0.25, 0.3) is 11.5 Å². The lowest BCUT2D eigenvalue weighted by atomic mass is 10.1. The van der Waals surface area contributed by atoms with Crippen LogP contribution in [-0.2, 0) is 30.2 Å². The Morgan fingerprint density at radius 3 is 2.49 bits per heavy atom. The van der Waals surface area contributed by atoms with E-state index in [0.29, 0.717) is 24.7 Å². The van der Waals surface area contributed by atoms with Gasteiger partial charge in [-0.25, -0.2) is 14.3 Å². The molecule has 1 aromatic carbocycles. The van der Waals surface area contributed by atoms with Gasteiger partial charge in [0.25, 0.3) is 0 Å². The predicted octanol–water partition coefficient (Wildman–Crippen LogP) is 5.84. The molecule has 8 nitrogen and oxygen atoms in total. The topological polar surface area (TPSA) is 95.1 Å². The summed E-state index contributed by atoms with van der Waals surface area (Å²) in [5, 5.41) is 18.2. The summed E-state index contributed by atoms with van der Waals surface area (Å²) in [4.78, 5) is 15.0. The maximum atomic E-state index is 12.9. The number of hydrogen-bond acceptors (Lipinski definition) is 5. The van der Waals surface area contributed by atoms with Crippen molar-refractivity contribution >= 4 is 5.97 Å². The van der Waals surface area contributed by atoms with Gasteiger partial charge in [-0.1, -0.05) is 31.5 Å². The van der Waals surface area contributed by atoms with Crippen molar-refractivity contribution in [3.8, 4) is 17.4 Å². The van der Waals surface area contributed by atoms with Crippen molar-refractivity contribution in [2.24, 2.45) is 0 Å². The summed E-state index contributed by atoms with van der Waals surface area (Å²) < 4.78 is 47.7. The Morgan fingerprint density at radius 1 is 1.03 bits per heavy atom. The number of hydrogen-bond donors (Lipinski definition) is 1. The van der Waals surface area contributed by atoms with Gasteiger partial charge in [-0.2, -0.15) is 18.3 Å². The molecule has 0 saturated carbocycles. The SMILES string of the molecule is CCCc1nn(-c2ccc(C(F)(F)F)cn2)cc1CCCCOc1cc(CCC(=O)O)n(-c2ccccc2)n1. The van der Waals surface area contributed by atoms with E-state index < -0.39 is 17.7 Å². The fraction of sp³-hybridized carbons (Fsp3) is 0.357. The molecule has 0 aliphatic rings. The standard InChI is InChI=1S/C28H30F3N5O3/c1-2-8-24-20(19-35(33-24)25-14-12-21(18-32-25)28(29,30)31)9-6-7-16-39-26-17-23(13-15-27(37)38)36(34-26)22-10-4-3-5-11-22/h3-5,10-12,14,17-19H,2,6-9,13,15-16H2,1H3,(H,37,38). The highest BCUT2D eigenvalue weighted by atomic mass is 19.4. The molecule has 4 aromatic rings. The minimum absolute atomic E-state index is 0.00621. The second kappa shape index (κ2) is 12.6. The average Bonchev–Trinajstić information content (AvgIpc) is 3.52. The molecule has 0 aliphatic carbocycles. The minimum Gasteiger partial charge on any atom is -0.481 e. The van der Waals surface area contributed by atoms with Crippen LogP contribution in [0.2, 0.25) is 0 Å². The second-order valence-corrected chi connectivity index (χ2v) is 9.12. The van der Waals surface area contributed by atoms with E-state index in [4.69, 9.17) is 9.84 Å². The van der Waals surface area contributed by atoms with E-state index in [1.165, 1.54) is 10.7 Å². The first-order chi connectivity index (χ1) is 18.7. The van der Waals surface area contributed by atoms with Crippen molar-refractivity contribution in [3.63, 3.8) is 0 Å². The van der Waals surface area contributed by atoms with Gasteiger partial charge in [0.05, 0.1) is 30.0 Å². The molecule has 3 heterocycles. The van der Waals surface area contributed by atoms with Crippen LogP contribution in [0, 0.1) is 0 Å². The van der Waals surface area contributed by atoms with Crippen molar-refractivity contribution in [2.45, 2.75) is 58.0 Å². The Labute approximate surface area is 224 Å². The Hall–Kier alpha value is -4.15. The summed E-state index contributed by atoms with van der Waals surface area (Å²) >= 11 is 0.